The smallest absolute Gasteiger partial charge is 0.410 e. The Morgan fingerprint density at radius 3 is 2.35 bits per heavy atom. The summed E-state index contributed by atoms with van der Waals surface area (Å²) < 4.78 is 5.45. The maximum Gasteiger partial charge on any atom is 0.410 e. The fourth-order valence-corrected chi connectivity index (χ4v) is 3.48. The highest BCUT2D eigenvalue weighted by molar-refractivity contribution is 5.69. The van der Waals surface area contributed by atoms with Crippen molar-refractivity contribution in [3.8, 4) is 0 Å². The molecule has 0 unspecified atom stereocenters. The molecule has 1 aromatic carbocycles. The number of carboxylic acid groups (broad SMARTS) is 1. The SMILES string of the molecule is CC(C)(C)OC(=O)N1CCN(c2cccc3c2CN(C(=O)O)CC3)CC1. The van der Waals surface area contributed by atoms with Crippen molar-refractivity contribution >= 4 is 17.9 Å². The van der Waals surface area contributed by atoms with Gasteiger partial charge in [-0.1, -0.05) is 12.1 Å². The van der Waals surface area contributed by atoms with Crippen molar-refractivity contribution in [2.24, 2.45) is 0 Å². The average molecular weight is 361 g/mol. The van der Waals surface area contributed by atoms with Crippen LogP contribution in [-0.4, -0.2) is 65.4 Å². The van der Waals surface area contributed by atoms with Crippen molar-refractivity contribution < 1.29 is 19.4 Å². The van der Waals surface area contributed by atoms with Crippen molar-refractivity contribution in [3.63, 3.8) is 0 Å². The van der Waals surface area contributed by atoms with E-state index in [2.05, 4.69) is 11.0 Å². The van der Waals surface area contributed by atoms with Crippen LogP contribution in [0.1, 0.15) is 31.9 Å². The molecule has 1 saturated heterocycles. The minimum absolute atomic E-state index is 0.274. The minimum Gasteiger partial charge on any atom is -0.465 e. The molecule has 0 aromatic heterocycles. The Labute approximate surface area is 154 Å². The average Bonchev–Trinajstić information content (AvgIpc) is 2.59. The summed E-state index contributed by atoms with van der Waals surface area (Å²) in [5, 5.41) is 9.31. The molecule has 142 valence electrons. The topological polar surface area (TPSA) is 73.3 Å². The number of benzene rings is 1. The van der Waals surface area contributed by atoms with Crippen LogP contribution in [0.4, 0.5) is 15.3 Å². The van der Waals surface area contributed by atoms with Crippen LogP contribution in [0.2, 0.25) is 0 Å². The Bertz CT molecular complexity index is 691. The number of amides is 2. The van der Waals surface area contributed by atoms with E-state index in [4.69, 9.17) is 4.74 Å². The van der Waals surface area contributed by atoms with E-state index in [1.807, 2.05) is 32.9 Å². The molecule has 7 heteroatoms. The zero-order chi connectivity index (χ0) is 18.9. The van der Waals surface area contributed by atoms with E-state index in [0.29, 0.717) is 39.3 Å². The Kier molecular flexibility index (Phi) is 4.98. The monoisotopic (exact) mass is 361 g/mol. The van der Waals surface area contributed by atoms with Gasteiger partial charge in [0.25, 0.3) is 0 Å². The predicted octanol–water partition coefficient (Wildman–Crippen LogP) is 2.78. The largest absolute Gasteiger partial charge is 0.465 e. The third kappa shape index (κ3) is 4.03. The fraction of sp³-hybridized carbons (Fsp3) is 0.579. The summed E-state index contributed by atoms with van der Waals surface area (Å²) in [6, 6.07) is 6.16. The number of piperazine rings is 1. The minimum atomic E-state index is -0.875. The lowest BCUT2D eigenvalue weighted by Gasteiger charge is -2.39. The quantitative estimate of drug-likeness (QED) is 0.833. The standard InChI is InChI=1S/C19H27N3O4/c1-19(2,3)26-18(25)21-11-9-20(10-12-21)16-6-4-5-14-7-8-22(17(23)24)13-15(14)16/h4-6H,7-13H2,1-3H3,(H,23,24). The first-order valence-corrected chi connectivity index (χ1v) is 9.06. The molecule has 0 spiro atoms. The molecule has 0 atom stereocenters. The van der Waals surface area contributed by atoms with Crippen LogP contribution in [-0.2, 0) is 17.7 Å². The highest BCUT2D eigenvalue weighted by Gasteiger charge is 2.28. The van der Waals surface area contributed by atoms with E-state index >= 15 is 0 Å². The molecule has 2 heterocycles. The molecule has 1 aromatic rings. The molecular formula is C19H27N3O4. The lowest BCUT2D eigenvalue weighted by molar-refractivity contribution is 0.0240. The van der Waals surface area contributed by atoms with Gasteiger partial charge in [0, 0.05) is 38.4 Å². The normalized spacial score (nSPS) is 17.7. The first-order valence-electron chi connectivity index (χ1n) is 9.06. The number of nitrogens with zero attached hydrogens (tertiary/aromatic N) is 3. The molecule has 0 saturated carbocycles. The van der Waals surface area contributed by atoms with Gasteiger partial charge in [0.05, 0.1) is 6.54 Å². The van der Waals surface area contributed by atoms with E-state index in [1.54, 1.807) is 4.90 Å². The van der Waals surface area contributed by atoms with Crippen LogP contribution in [0, 0.1) is 0 Å². The molecule has 0 radical (unpaired) electrons. The van der Waals surface area contributed by atoms with Gasteiger partial charge in [0.2, 0.25) is 0 Å². The first kappa shape index (κ1) is 18.4. The highest BCUT2D eigenvalue weighted by atomic mass is 16.6. The number of hydrogen-bond donors (Lipinski definition) is 1. The fourth-order valence-electron chi connectivity index (χ4n) is 3.48. The van der Waals surface area contributed by atoms with Gasteiger partial charge in [-0.25, -0.2) is 9.59 Å². The lowest BCUT2D eigenvalue weighted by Crippen LogP contribution is -2.50. The molecule has 0 bridgehead atoms. The van der Waals surface area contributed by atoms with E-state index in [-0.39, 0.29) is 6.09 Å². The van der Waals surface area contributed by atoms with Crippen molar-refractivity contribution in [1.29, 1.82) is 0 Å². The molecule has 7 nitrogen and oxygen atoms in total. The van der Waals surface area contributed by atoms with Crippen LogP contribution in [0.15, 0.2) is 18.2 Å². The van der Waals surface area contributed by atoms with Gasteiger partial charge in [-0.2, -0.15) is 0 Å². The molecule has 0 aliphatic carbocycles. The Balaban J connectivity index is 1.69. The van der Waals surface area contributed by atoms with E-state index < -0.39 is 11.7 Å². The first-order chi connectivity index (χ1) is 12.2. The molecule has 26 heavy (non-hydrogen) atoms. The number of carbonyl (C=O) groups is 2. The van der Waals surface area contributed by atoms with E-state index in [1.165, 1.54) is 10.5 Å². The molecule has 2 aliphatic heterocycles. The van der Waals surface area contributed by atoms with Crippen molar-refractivity contribution in [2.75, 3.05) is 37.6 Å². The molecule has 3 rings (SSSR count). The Morgan fingerprint density at radius 1 is 1.04 bits per heavy atom. The third-order valence-corrected chi connectivity index (χ3v) is 4.79. The van der Waals surface area contributed by atoms with Gasteiger partial charge in [-0.05, 0) is 44.4 Å². The van der Waals surface area contributed by atoms with Gasteiger partial charge in [-0.15, -0.1) is 0 Å². The van der Waals surface area contributed by atoms with Crippen LogP contribution in [0.3, 0.4) is 0 Å². The molecule has 2 aliphatic rings. The number of fused-ring (bicyclic) bond motifs is 1. The molecular weight excluding hydrogens is 334 g/mol. The molecule has 1 N–H and O–H groups in total. The maximum atomic E-state index is 12.2. The predicted molar refractivity (Wildman–Crippen MR) is 98.6 cm³/mol. The van der Waals surface area contributed by atoms with E-state index in [0.717, 1.165) is 17.7 Å². The van der Waals surface area contributed by atoms with Crippen LogP contribution in [0.5, 0.6) is 0 Å². The number of hydrogen-bond acceptors (Lipinski definition) is 4. The summed E-state index contributed by atoms with van der Waals surface area (Å²) in [6.07, 6.45) is -0.405. The summed E-state index contributed by atoms with van der Waals surface area (Å²) >= 11 is 0. The summed E-state index contributed by atoms with van der Waals surface area (Å²) in [7, 11) is 0. The number of rotatable bonds is 1. The Hall–Kier alpha value is -2.44. The van der Waals surface area contributed by atoms with Crippen molar-refractivity contribution in [1.82, 2.24) is 9.80 Å². The maximum absolute atomic E-state index is 12.2. The summed E-state index contributed by atoms with van der Waals surface area (Å²) in [4.78, 5) is 29.0. The van der Waals surface area contributed by atoms with Crippen LogP contribution in [0.25, 0.3) is 0 Å². The molecule has 1 fully saturated rings. The third-order valence-electron chi connectivity index (χ3n) is 4.79. The van der Waals surface area contributed by atoms with Gasteiger partial charge >= 0.3 is 12.2 Å². The summed E-state index contributed by atoms with van der Waals surface area (Å²) in [5.41, 5.74) is 2.89. The molecule has 2 amide bonds. The van der Waals surface area contributed by atoms with Crippen molar-refractivity contribution in [2.45, 2.75) is 39.3 Å². The number of carbonyl (C=O) groups excluding carboxylic acids is 1. The van der Waals surface area contributed by atoms with Crippen LogP contribution >= 0.6 is 0 Å². The van der Waals surface area contributed by atoms with Gasteiger partial charge in [-0.3, -0.25) is 0 Å². The van der Waals surface area contributed by atoms with Gasteiger partial charge in [0.15, 0.2) is 0 Å². The summed E-state index contributed by atoms with van der Waals surface area (Å²) in [6.45, 7) is 9.18. The number of anilines is 1. The zero-order valence-corrected chi connectivity index (χ0v) is 15.7. The second-order valence-corrected chi connectivity index (χ2v) is 7.82. The second kappa shape index (κ2) is 7.05. The second-order valence-electron chi connectivity index (χ2n) is 7.82. The Morgan fingerprint density at radius 2 is 1.73 bits per heavy atom. The zero-order valence-electron chi connectivity index (χ0n) is 15.7. The van der Waals surface area contributed by atoms with Gasteiger partial charge < -0.3 is 24.5 Å². The van der Waals surface area contributed by atoms with Crippen molar-refractivity contribution in [3.05, 3.63) is 29.3 Å². The highest BCUT2D eigenvalue weighted by Crippen LogP contribution is 2.30. The summed E-state index contributed by atoms with van der Waals surface area (Å²) in [5.74, 6) is 0. The number of ether oxygens (including phenoxy) is 1. The lowest BCUT2D eigenvalue weighted by atomic mass is 9.97. The van der Waals surface area contributed by atoms with E-state index in [9.17, 15) is 14.7 Å². The van der Waals surface area contributed by atoms with Gasteiger partial charge in [0.1, 0.15) is 5.60 Å². The van der Waals surface area contributed by atoms with Crippen LogP contribution < -0.4 is 4.90 Å².